The minimum Gasteiger partial charge on any atom is -0.493 e. The number of carbonyl (C=O) groups excluding carboxylic acids is 2. The normalized spacial score (nSPS) is 16.7. The highest BCUT2D eigenvalue weighted by atomic mass is 32.2. The molecule has 174 valence electrons. The number of fused-ring (bicyclic) bond motifs is 2. The van der Waals surface area contributed by atoms with Crippen LogP contribution in [0.15, 0.2) is 65.6 Å². The number of rotatable bonds is 6. The third-order valence-electron chi connectivity index (χ3n) is 6.19. The number of ether oxygens (including phenoxy) is 1. The Hall–Kier alpha value is -3.65. The Morgan fingerprint density at radius 1 is 1.12 bits per heavy atom. The summed E-state index contributed by atoms with van der Waals surface area (Å²) in [6.45, 7) is 2.42. The number of anilines is 2. The molecular formula is C26H24N2O5S. The summed E-state index contributed by atoms with van der Waals surface area (Å²) in [7, 11) is -3.95. The Morgan fingerprint density at radius 3 is 2.79 bits per heavy atom. The van der Waals surface area contributed by atoms with Crippen molar-refractivity contribution in [3.8, 4) is 5.75 Å². The van der Waals surface area contributed by atoms with Gasteiger partial charge in [-0.15, -0.1) is 0 Å². The molecule has 2 aliphatic heterocycles. The zero-order valence-electron chi connectivity index (χ0n) is 18.6. The van der Waals surface area contributed by atoms with Gasteiger partial charge in [-0.25, -0.2) is 8.42 Å². The second kappa shape index (κ2) is 8.61. The van der Waals surface area contributed by atoms with E-state index in [0.29, 0.717) is 35.5 Å². The first-order valence-electron chi connectivity index (χ1n) is 11.2. The molecule has 0 bridgehead atoms. The number of Topliss-reactive ketones (excluding diaryl/α,β-unsaturated/α-hetero) is 2. The largest absolute Gasteiger partial charge is 0.493 e. The molecule has 0 saturated heterocycles. The average molecular weight is 477 g/mol. The fourth-order valence-corrected chi connectivity index (χ4v) is 5.46. The standard InChI is InChI=1S/C26H24N2O5S/c1-2-24(29)17-4-3-5-19(13-17)28-34(31,32)20-7-8-22-21(14-20)25(30)15-23(27-22)16-6-9-26-18(12-16)10-11-33-26/h3-9,12-14,23,27-28H,2,10-11,15H2,1H3. The first-order chi connectivity index (χ1) is 16.3. The van der Waals surface area contributed by atoms with E-state index in [-0.39, 0.29) is 28.9 Å². The minimum atomic E-state index is -3.95. The van der Waals surface area contributed by atoms with Crippen molar-refractivity contribution in [3.05, 3.63) is 82.9 Å². The van der Waals surface area contributed by atoms with E-state index in [0.717, 1.165) is 23.3 Å². The third kappa shape index (κ3) is 4.17. The van der Waals surface area contributed by atoms with E-state index in [1.165, 1.54) is 18.2 Å². The molecule has 1 unspecified atom stereocenters. The summed E-state index contributed by atoms with van der Waals surface area (Å²) in [5.41, 5.74) is 3.82. The molecule has 0 amide bonds. The first kappa shape index (κ1) is 22.2. The quantitative estimate of drug-likeness (QED) is 0.498. The van der Waals surface area contributed by atoms with E-state index in [4.69, 9.17) is 4.74 Å². The Morgan fingerprint density at radius 2 is 1.97 bits per heavy atom. The molecule has 5 rings (SSSR count). The molecule has 0 saturated carbocycles. The van der Waals surface area contributed by atoms with Gasteiger partial charge in [0.15, 0.2) is 11.6 Å². The summed E-state index contributed by atoms with van der Waals surface area (Å²) < 4.78 is 34.1. The van der Waals surface area contributed by atoms with E-state index >= 15 is 0 Å². The van der Waals surface area contributed by atoms with Crippen LogP contribution in [0, 0.1) is 0 Å². The SMILES string of the molecule is CCC(=O)c1cccc(NS(=O)(=O)c2ccc3c(c2)C(=O)CC(c2ccc4c(c2)CCO4)N3)c1. The molecule has 0 aromatic heterocycles. The zero-order valence-corrected chi connectivity index (χ0v) is 19.4. The highest BCUT2D eigenvalue weighted by molar-refractivity contribution is 7.92. The Labute approximate surface area is 198 Å². The van der Waals surface area contributed by atoms with Crippen molar-refractivity contribution in [2.75, 3.05) is 16.6 Å². The maximum absolute atomic E-state index is 13.0. The summed E-state index contributed by atoms with van der Waals surface area (Å²) in [6, 6.07) is 16.7. The van der Waals surface area contributed by atoms with E-state index in [9.17, 15) is 18.0 Å². The van der Waals surface area contributed by atoms with Gasteiger partial charge in [-0.05, 0) is 53.6 Å². The lowest BCUT2D eigenvalue weighted by Gasteiger charge is -2.27. The average Bonchev–Trinajstić information content (AvgIpc) is 3.31. The smallest absolute Gasteiger partial charge is 0.261 e. The number of carbonyl (C=O) groups is 2. The molecule has 2 heterocycles. The Bertz CT molecular complexity index is 1410. The van der Waals surface area contributed by atoms with Crippen LogP contribution in [0.5, 0.6) is 5.75 Å². The van der Waals surface area contributed by atoms with Crippen LogP contribution < -0.4 is 14.8 Å². The molecule has 1 atom stereocenters. The molecule has 3 aromatic carbocycles. The number of hydrogen-bond acceptors (Lipinski definition) is 6. The van der Waals surface area contributed by atoms with Crippen LogP contribution in [-0.4, -0.2) is 26.6 Å². The van der Waals surface area contributed by atoms with Crippen molar-refractivity contribution < 1.29 is 22.7 Å². The number of sulfonamides is 1. The van der Waals surface area contributed by atoms with E-state index in [2.05, 4.69) is 16.1 Å². The predicted octanol–water partition coefficient (Wildman–Crippen LogP) is 4.75. The lowest BCUT2D eigenvalue weighted by molar-refractivity contribution is 0.0968. The van der Waals surface area contributed by atoms with Gasteiger partial charge in [0.25, 0.3) is 10.0 Å². The number of hydrogen-bond donors (Lipinski definition) is 2. The van der Waals surface area contributed by atoms with Crippen molar-refractivity contribution >= 4 is 33.0 Å². The summed E-state index contributed by atoms with van der Waals surface area (Å²) in [6.07, 6.45) is 1.41. The second-order valence-electron chi connectivity index (χ2n) is 8.46. The fourth-order valence-electron chi connectivity index (χ4n) is 4.38. The molecule has 7 nitrogen and oxygen atoms in total. The summed E-state index contributed by atoms with van der Waals surface area (Å²) in [4.78, 5) is 24.9. The molecule has 0 spiro atoms. The molecule has 2 aliphatic rings. The van der Waals surface area contributed by atoms with Crippen LogP contribution in [0.25, 0.3) is 0 Å². The minimum absolute atomic E-state index is 0.0123. The van der Waals surface area contributed by atoms with Gasteiger partial charge in [-0.1, -0.05) is 25.1 Å². The van der Waals surface area contributed by atoms with Gasteiger partial charge in [-0.3, -0.25) is 14.3 Å². The van der Waals surface area contributed by atoms with Crippen LogP contribution >= 0.6 is 0 Å². The highest BCUT2D eigenvalue weighted by Crippen LogP contribution is 2.36. The Kier molecular flexibility index (Phi) is 5.61. The molecule has 2 N–H and O–H groups in total. The topological polar surface area (TPSA) is 102 Å². The number of nitrogens with one attached hydrogen (secondary N) is 2. The van der Waals surface area contributed by atoms with Crippen molar-refractivity contribution in [3.63, 3.8) is 0 Å². The molecule has 0 fully saturated rings. The van der Waals surface area contributed by atoms with E-state index in [1.54, 1.807) is 31.2 Å². The van der Waals surface area contributed by atoms with Crippen LogP contribution in [0.3, 0.4) is 0 Å². The molecule has 3 aromatic rings. The van der Waals surface area contributed by atoms with Crippen molar-refractivity contribution in [1.82, 2.24) is 0 Å². The highest BCUT2D eigenvalue weighted by Gasteiger charge is 2.28. The third-order valence-corrected chi connectivity index (χ3v) is 7.57. The van der Waals surface area contributed by atoms with Gasteiger partial charge in [0.2, 0.25) is 0 Å². The first-order valence-corrected chi connectivity index (χ1v) is 12.7. The van der Waals surface area contributed by atoms with Gasteiger partial charge in [0.1, 0.15) is 5.75 Å². The van der Waals surface area contributed by atoms with Gasteiger partial charge >= 0.3 is 0 Å². The molecule has 0 radical (unpaired) electrons. The second-order valence-corrected chi connectivity index (χ2v) is 10.1. The lowest BCUT2D eigenvalue weighted by atomic mass is 9.91. The lowest BCUT2D eigenvalue weighted by Crippen LogP contribution is -2.23. The van der Waals surface area contributed by atoms with Crippen LogP contribution in [0.2, 0.25) is 0 Å². The molecule has 0 aliphatic carbocycles. The van der Waals surface area contributed by atoms with Gasteiger partial charge in [-0.2, -0.15) is 0 Å². The van der Waals surface area contributed by atoms with Gasteiger partial charge in [0.05, 0.1) is 17.5 Å². The van der Waals surface area contributed by atoms with Gasteiger partial charge < -0.3 is 10.1 Å². The molecule has 34 heavy (non-hydrogen) atoms. The molecular weight excluding hydrogens is 452 g/mol. The molecule has 8 heteroatoms. The monoisotopic (exact) mass is 476 g/mol. The van der Waals surface area contributed by atoms with E-state index < -0.39 is 10.0 Å². The zero-order chi connectivity index (χ0) is 23.9. The van der Waals surface area contributed by atoms with E-state index in [1.807, 2.05) is 12.1 Å². The van der Waals surface area contributed by atoms with Crippen molar-refractivity contribution in [1.29, 1.82) is 0 Å². The number of ketones is 2. The van der Waals surface area contributed by atoms with Gasteiger partial charge in [0, 0.05) is 41.8 Å². The fraction of sp³-hybridized carbons (Fsp3) is 0.231. The van der Waals surface area contributed by atoms with Crippen molar-refractivity contribution in [2.45, 2.75) is 37.1 Å². The maximum atomic E-state index is 13.0. The summed E-state index contributed by atoms with van der Waals surface area (Å²) in [5.74, 6) is 0.693. The van der Waals surface area contributed by atoms with Crippen molar-refractivity contribution in [2.24, 2.45) is 0 Å². The van der Waals surface area contributed by atoms with Crippen LogP contribution in [-0.2, 0) is 16.4 Å². The number of benzene rings is 3. The predicted molar refractivity (Wildman–Crippen MR) is 129 cm³/mol. The summed E-state index contributed by atoms with van der Waals surface area (Å²) in [5, 5.41) is 3.38. The Balaban J connectivity index is 1.39. The van der Waals surface area contributed by atoms with Crippen LogP contribution in [0.4, 0.5) is 11.4 Å². The maximum Gasteiger partial charge on any atom is 0.261 e. The van der Waals surface area contributed by atoms with Crippen LogP contribution in [0.1, 0.15) is 57.7 Å². The summed E-state index contributed by atoms with van der Waals surface area (Å²) >= 11 is 0.